The third kappa shape index (κ3) is 4.69. The largest absolute Gasteiger partial charge is 0.452 e. The van der Waals surface area contributed by atoms with Gasteiger partial charge in [0.15, 0.2) is 6.61 Å². The summed E-state index contributed by atoms with van der Waals surface area (Å²) < 4.78 is 10.7. The molecule has 0 aromatic carbocycles. The molecule has 0 spiro atoms. The summed E-state index contributed by atoms with van der Waals surface area (Å²) >= 11 is 0. The number of carbonyl (C=O) groups is 2. The smallest absolute Gasteiger partial charge is 0.339 e. The molecule has 1 fully saturated rings. The molecule has 1 saturated carbocycles. The van der Waals surface area contributed by atoms with E-state index in [1.54, 1.807) is 17.9 Å². The number of hydrogen-bond donors (Lipinski definition) is 0. The minimum atomic E-state index is -0.539. The summed E-state index contributed by atoms with van der Waals surface area (Å²) in [5.41, 5.74) is 2.13. The molecular formula is C21H29N3O4. The van der Waals surface area contributed by atoms with E-state index >= 15 is 0 Å². The number of ether oxygens (including phenoxy) is 1. The van der Waals surface area contributed by atoms with Crippen molar-refractivity contribution < 1.29 is 18.8 Å². The number of aromatic nitrogens is 2. The zero-order valence-corrected chi connectivity index (χ0v) is 17.3. The molecule has 0 aliphatic heterocycles. The molecule has 0 radical (unpaired) electrons. The SMILES string of the molecule is Cc1noc2nc(C3CC3)cc(C(=O)OCC(=O)N(CC(C)C)CC(C)C)c12. The summed E-state index contributed by atoms with van der Waals surface area (Å²) in [7, 11) is 0. The predicted octanol–water partition coefficient (Wildman–Crippen LogP) is 3.71. The molecule has 7 heteroatoms. The maximum atomic E-state index is 12.8. The number of amides is 1. The number of pyridine rings is 1. The van der Waals surface area contributed by atoms with Crippen LogP contribution in [0.5, 0.6) is 0 Å². The van der Waals surface area contributed by atoms with E-state index in [0.29, 0.717) is 53.2 Å². The van der Waals surface area contributed by atoms with Crippen molar-refractivity contribution in [1.29, 1.82) is 0 Å². The van der Waals surface area contributed by atoms with Crippen molar-refractivity contribution >= 4 is 23.0 Å². The van der Waals surface area contributed by atoms with Gasteiger partial charge in [-0.2, -0.15) is 0 Å². The van der Waals surface area contributed by atoms with E-state index in [4.69, 9.17) is 9.26 Å². The van der Waals surface area contributed by atoms with E-state index in [2.05, 4.69) is 37.8 Å². The topological polar surface area (TPSA) is 85.5 Å². The maximum Gasteiger partial charge on any atom is 0.339 e. The van der Waals surface area contributed by atoms with Gasteiger partial charge >= 0.3 is 5.97 Å². The highest BCUT2D eigenvalue weighted by Gasteiger charge is 2.29. The van der Waals surface area contributed by atoms with Gasteiger partial charge in [-0.1, -0.05) is 32.9 Å². The second-order valence-corrected chi connectivity index (χ2v) is 8.48. The van der Waals surface area contributed by atoms with Gasteiger partial charge in [0.2, 0.25) is 0 Å². The average Bonchev–Trinajstić information content (AvgIpc) is 3.41. The van der Waals surface area contributed by atoms with Gasteiger partial charge in [-0.25, -0.2) is 9.78 Å². The highest BCUT2D eigenvalue weighted by Crippen LogP contribution is 2.40. The highest BCUT2D eigenvalue weighted by atomic mass is 16.5. The summed E-state index contributed by atoms with van der Waals surface area (Å²) in [5, 5.41) is 4.49. The van der Waals surface area contributed by atoms with Gasteiger partial charge in [0.25, 0.3) is 11.6 Å². The van der Waals surface area contributed by atoms with Gasteiger partial charge in [-0.3, -0.25) is 4.79 Å². The summed E-state index contributed by atoms with van der Waals surface area (Å²) in [5.74, 6) is 0.335. The van der Waals surface area contributed by atoms with Crippen LogP contribution in [0, 0.1) is 18.8 Å². The van der Waals surface area contributed by atoms with Gasteiger partial charge in [0.05, 0.1) is 16.6 Å². The molecule has 0 bridgehead atoms. The van der Waals surface area contributed by atoms with Gasteiger partial charge < -0.3 is 14.2 Å². The Morgan fingerprint density at radius 1 is 1.21 bits per heavy atom. The summed E-state index contributed by atoms with van der Waals surface area (Å²) in [6.07, 6.45) is 2.11. The van der Waals surface area contributed by atoms with Crippen LogP contribution in [0.15, 0.2) is 10.6 Å². The van der Waals surface area contributed by atoms with Crippen LogP contribution in [0.3, 0.4) is 0 Å². The Morgan fingerprint density at radius 2 is 1.86 bits per heavy atom. The van der Waals surface area contributed by atoms with E-state index in [9.17, 15) is 9.59 Å². The number of nitrogens with zero attached hydrogens (tertiary/aromatic N) is 3. The third-order valence-corrected chi connectivity index (χ3v) is 4.70. The van der Waals surface area contributed by atoms with Crippen LogP contribution in [-0.4, -0.2) is 46.6 Å². The Kier molecular flexibility index (Phi) is 6.01. The summed E-state index contributed by atoms with van der Waals surface area (Å²) in [6.45, 7) is 11.0. The molecule has 0 N–H and O–H groups in total. The van der Waals surface area contributed by atoms with Crippen molar-refractivity contribution in [1.82, 2.24) is 15.0 Å². The first kappa shape index (κ1) is 20.3. The molecule has 152 valence electrons. The number of aryl methyl sites for hydroxylation is 1. The second kappa shape index (κ2) is 8.29. The molecule has 0 unspecified atom stereocenters. The molecular weight excluding hydrogens is 358 g/mol. The van der Waals surface area contributed by atoms with E-state index in [-0.39, 0.29) is 12.5 Å². The fraction of sp³-hybridized carbons (Fsp3) is 0.619. The molecule has 1 amide bonds. The molecule has 1 aliphatic carbocycles. The lowest BCUT2D eigenvalue weighted by Gasteiger charge is -2.26. The molecule has 0 atom stereocenters. The van der Waals surface area contributed by atoms with Crippen molar-refractivity contribution in [2.24, 2.45) is 11.8 Å². The number of fused-ring (bicyclic) bond motifs is 1. The maximum absolute atomic E-state index is 12.8. The van der Waals surface area contributed by atoms with Crippen molar-refractivity contribution in [2.45, 2.75) is 53.4 Å². The van der Waals surface area contributed by atoms with Crippen molar-refractivity contribution in [2.75, 3.05) is 19.7 Å². The lowest BCUT2D eigenvalue weighted by molar-refractivity contribution is -0.135. The minimum Gasteiger partial charge on any atom is -0.452 e. The Labute approximate surface area is 165 Å². The van der Waals surface area contributed by atoms with E-state index in [1.165, 1.54) is 0 Å². The van der Waals surface area contributed by atoms with Gasteiger partial charge in [-0.15, -0.1) is 0 Å². The predicted molar refractivity (Wildman–Crippen MR) is 105 cm³/mol. The van der Waals surface area contributed by atoms with E-state index in [0.717, 1.165) is 18.5 Å². The van der Waals surface area contributed by atoms with Crippen LogP contribution in [0.1, 0.15) is 68.2 Å². The lowest BCUT2D eigenvalue weighted by atomic mass is 10.1. The first-order valence-electron chi connectivity index (χ1n) is 9.98. The Balaban J connectivity index is 1.75. The molecule has 1 aliphatic rings. The molecule has 2 heterocycles. The molecule has 3 rings (SSSR count). The first-order chi connectivity index (χ1) is 13.3. The molecule has 28 heavy (non-hydrogen) atoms. The molecule has 0 saturated heterocycles. The zero-order valence-electron chi connectivity index (χ0n) is 17.3. The van der Waals surface area contributed by atoms with Gasteiger partial charge in [-0.05, 0) is 37.7 Å². The van der Waals surface area contributed by atoms with E-state index < -0.39 is 5.97 Å². The zero-order chi connectivity index (χ0) is 20.4. The van der Waals surface area contributed by atoms with Crippen LogP contribution < -0.4 is 0 Å². The third-order valence-electron chi connectivity index (χ3n) is 4.70. The number of carbonyl (C=O) groups excluding carboxylic acids is 2. The summed E-state index contributed by atoms with van der Waals surface area (Å²) in [4.78, 5) is 31.7. The van der Waals surface area contributed by atoms with Crippen LogP contribution in [-0.2, 0) is 9.53 Å². The van der Waals surface area contributed by atoms with Crippen LogP contribution in [0.25, 0.3) is 11.1 Å². The Morgan fingerprint density at radius 3 is 2.43 bits per heavy atom. The lowest BCUT2D eigenvalue weighted by Crippen LogP contribution is -2.39. The quantitative estimate of drug-likeness (QED) is 0.642. The van der Waals surface area contributed by atoms with E-state index in [1.807, 2.05) is 0 Å². The Hall–Kier alpha value is -2.44. The van der Waals surface area contributed by atoms with Crippen molar-refractivity contribution in [3.63, 3.8) is 0 Å². The van der Waals surface area contributed by atoms with Crippen molar-refractivity contribution in [3.8, 4) is 0 Å². The van der Waals surface area contributed by atoms with Crippen LogP contribution in [0.2, 0.25) is 0 Å². The van der Waals surface area contributed by atoms with Crippen molar-refractivity contribution in [3.05, 3.63) is 23.0 Å². The number of esters is 1. The first-order valence-corrected chi connectivity index (χ1v) is 9.98. The highest BCUT2D eigenvalue weighted by molar-refractivity contribution is 6.03. The minimum absolute atomic E-state index is 0.175. The standard InChI is InChI=1S/C21H29N3O4/c1-12(2)9-24(10-13(3)4)18(25)11-27-21(26)16-8-17(15-6-7-15)22-20-19(16)14(5)23-28-20/h8,12-13,15H,6-7,9-11H2,1-5H3. The van der Waals surface area contributed by atoms with Gasteiger partial charge in [0, 0.05) is 24.7 Å². The molecule has 2 aromatic heterocycles. The number of rotatable bonds is 8. The van der Waals surface area contributed by atoms with Crippen LogP contribution in [0.4, 0.5) is 0 Å². The van der Waals surface area contributed by atoms with Gasteiger partial charge in [0.1, 0.15) is 0 Å². The fourth-order valence-corrected chi connectivity index (χ4v) is 3.32. The fourth-order valence-electron chi connectivity index (χ4n) is 3.32. The monoisotopic (exact) mass is 387 g/mol. The normalized spacial score (nSPS) is 14.1. The Bertz CT molecular complexity index is 858. The average molecular weight is 387 g/mol. The molecule has 2 aromatic rings. The molecule has 7 nitrogen and oxygen atoms in total. The van der Waals surface area contributed by atoms with Crippen LogP contribution >= 0.6 is 0 Å². The summed E-state index contributed by atoms with van der Waals surface area (Å²) in [6, 6.07) is 1.76. The second-order valence-electron chi connectivity index (χ2n) is 8.48. The number of hydrogen-bond acceptors (Lipinski definition) is 6.